The van der Waals surface area contributed by atoms with Crippen molar-refractivity contribution in [3.8, 4) is 0 Å². The summed E-state index contributed by atoms with van der Waals surface area (Å²) in [7, 11) is 1.63. The number of rotatable bonds is 4. The summed E-state index contributed by atoms with van der Waals surface area (Å²) in [6.07, 6.45) is 3.15. The minimum absolute atomic E-state index is 0.0781. The molecule has 3 atom stereocenters. The van der Waals surface area contributed by atoms with Crippen LogP contribution in [0.1, 0.15) is 23.2 Å². The third-order valence-corrected chi connectivity index (χ3v) is 4.62. The zero-order valence-corrected chi connectivity index (χ0v) is 13.3. The summed E-state index contributed by atoms with van der Waals surface area (Å²) in [5.74, 6) is -0.154. The average molecular weight is 321 g/mol. The highest BCUT2D eigenvalue weighted by molar-refractivity contribution is 5.94. The summed E-state index contributed by atoms with van der Waals surface area (Å²) in [6, 6.07) is 3.37. The molecule has 0 unspecified atom stereocenters. The number of hydrogen-bond acceptors (Lipinski definition) is 5. The molecule has 0 aromatic carbocycles. The van der Waals surface area contributed by atoms with Crippen LogP contribution in [-0.4, -0.2) is 65.0 Å². The van der Waals surface area contributed by atoms with Gasteiger partial charge < -0.3 is 19.7 Å². The lowest BCUT2D eigenvalue weighted by molar-refractivity contribution is -0.0566. The minimum Gasteiger partial charge on any atom is -0.396 e. The number of fused-ring (bicyclic) bond motifs is 1. The van der Waals surface area contributed by atoms with Crippen LogP contribution in [0.3, 0.4) is 0 Å². The second kappa shape index (κ2) is 6.82. The topological polar surface area (TPSA) is 83.8 Å². The molecule has 7 heteroatoms. The van der Waals surface area contributed by atoms with E-state index in [2.05, 4.69) is 10.2 Å². The molecule has 0 radical (unpaired) electrons. The third kappa shape index (κ3) is 3.63. The van der Waals surface area contributed by atoms with Crippen LogP contribution in [-0.2, 0) is 11.8 Å². The van der Waals surface area contributed by atoms with E-state index >= 15 is 0 Å². The molecule has 23 heavy (non-hydrogen) atoms. The number of aromatic nitrogens is 1. The molecule has 3 heterocycles. The number of nitrogens with zero attached hydrogens (tertiary/aromatic N) is 2. The number of aliphatic hydroxyl groups is 1. The van der Waals surface area contributed by atoms with E-state index in [4.69, 9.17) is 9.84 Å². The molecule has 1 aromatic heterocycles. The van der Waals surface area contributed by atoms with Crippen LogP contribution in [0.5, 0.6) is 0 Å². The van der Waals surface area contributed by atoms with Gasteiger partial charge in [-0.25, -0.2) is 0 Å². The van der Waals surface area contributed by atoms with Gasteiger partial charge in [-0.05, 0) is 18.9 Å². The monoisotopic (exact) mass is 321 g/mol. The number of amides is 1. The second-order valence-electron chi connectivity index (χ2n) is 6.35. The summed E-state index contributed by atoms with van der Waals surface area (Å²) in [5, 5.41) is 12.1. The van der Waals surface area contributed by atoms with Gasteiger partial charge in [0.1, 0.15) is 0 Å². The predicted octanol–water partition coefficient (Wildman–Crippen LogP) is -0.661. The molecule has 1 amide bonds. The Labute approximate surface area is 134 Å². The van der Waals surface area contributed by atoms with Crippen LogP contribution in [0, 0.1) is 0 Å². The van der Waals surface area contributed by atoms with E-state index in [-0.39, 0.29) is 30.2 Å². The maximum absolute atomic E-state index is 12.3. The van der Waals surface area contributed by atoms with E-state index in [0.29, 0.717) is 24.6 Å². The summed E-state index contributed by atoms with van der Waals surface area (Å²) in [4.78, 5) is 26.0. The van der Waals surface area contributed by atoms with Crippen molar-refractivity contribution in [1.82, 2.24) is 14.8 Å². The van der Waals surface area contributed by atoms with E-state index in [1.807, 2.05) is 0 Å². The average Bonchev–Trinajstić information content (AvgIpc) is 2.91. The van der Waals surface area contributed by atoms with Crippen LogP contribution < -0.4 is 10.9 Å². The Morgan fingerprint density at radius 3 is 3.00 bits per heavy atom. The molecule has 1 aromatic rings. The van der Waals surface area contributed by atoms with Gasteiger partial charge in [0, 0.05) is 51.1 Å². The van der Waals surface area contributed by atoms with Crippen molar-refractivity contribution in [3.63, 3.8) is 0 Å². The number of ether oxygens (including phenoxy) is 1. The first-order chi connectivity index (χ1) is 11.1. The summed E-state index contributed by atoms with van der Waals surface area (Å²) in [6.45, 7) is 2.39. The quantitative estimate of drug-likeness (QED) is 0.769. The number of hydrogen-bond donors (Lipinski definition) is 2. The Bertz CT molecular complexity index is 630. The zero-order valence-electron chi connectivity index (χ0n) is 13.3. The number of aryl methyl sites for hydroxylation is 1. The highest BCUT2D eigenvalue weighted by Gasteiger charge is 2.37. The van der Waals surface area contributed by atoms with Gasteiger partial charge in [0.15, 0.2) is 0 Å². The molecule has 0 bridgehead atoms. The molecule has 2 saturated heterocycles. The van der Waals surface area contributed by atoms with Crippen molar-refractivity contribution in [2.24, 2.45) is 7.05 Å². The number of carbonyl (C=O) groups excluding carboxylic acids is 1. The van der Waals surface area contributed by atoms with Crippen molar-refractivity contribution in [1.29, 1.82) is 0 Å². The summed E-state index contributed by atoms with van der Waals surface area (Å²) in [5.41, 5.74) is 0.359. The Morgan fingerprint density at radius 2 is 2.26 bits per heavy atom. The normalized spacial score (nSPS) is 27.7. The first-order valence-corrected chi connectivity index (χ1v) is 8.01. The molecule has 0 spiro atoms. The molecule has 0 saturated carbocycles. The molecule has 7 nitrogen and oxygen atoms in total. The van der Waals surface area contributed by atoms with Crippen molar-refractivity contribution < 1.29 is 14.6 Å². The molecule has 2 N–H and O–H groups in total. The molecule has 0 aliphatic carbocycles. The largest absolute Gasteiger partial charge is 0.396 e. The molecule has 2 aliphatic heterocycles. The van der Waals surface area contributed by atoms with Crippen LogP contribution >= 0.6 is 0 Å². The van der Waals surface area contributed by atoms with E-state index in [1.165, 1.54) is 10.6 Å². The van der Waals surface area contributed by atoms with Crippen molar-refractivity contribution in [2.45, 2.75) is 31.0 Å². The summed E-state index contributed by atoms with van der Waals surface area (Å²) < 4.78 is 7.15. The Morgan fingerprint density at radius 1 is 1.43 bits per heavy atom. The van der Waals surface area contributed by atoms with Gasteiger partial charge in [-0.2, -0.15) is 0 Å². The molecule has 3 rings (SSSR count). The van der Waals surface area contributed by atoms with Gasteiger partial charge in [-0.3, -0.25) is 14.5 Å². The lowest BCUT2D eigenvalue weighted by Crippen LogP contribution is -2.46. The first kappa shape index (κ1) is 16.2. The van der Waals surface area contributed by atoms with Gasteiger partial charge in [-0.1, -0.05) is 0 Å². The number of aliphatic hydroxyl groups excluding tert-OH is 1. The van der Waals surface area contributed by atoms with Gasteiger partial charge >= 0.3 is 0 Å². The lowest BCUT2D eigenvalue weighted by Gasteiger charge is -2.34. The molecule has 126 valence electrons. The maximum atomic E-state index is 12.3. The Kier molecular flexibility index (Phi) is 4.79. The maximum Gasteiger partial charge on any atom is 0.253 e. The third-order valence-electron chi connectivity index (χ3n) is 4.62. The zero-order chi connectivity index (χ0) is 16.4. The molecular formula is C16H23N3O4. The van der Waals surface area contributed by atoms with Crippen molar-refractivity contribution in [3.05, 3.63) is 34.2 Å². The molecular weight excluding hydrogens is 298 g/mol. The van der Waals surface area contributed by atoms with E-state index in [1.54, 1.807) is 19.3 Å². The first-order valence-electron chi connectivity index (χ1n) is 8.01. The van der Waals surface area contributed by atoms with Crippen LogP contribution in [0.2, 0.25) is 0 Å². The number of pyridine rings is 1. The second-order valence-corrected chi connectivity index (χ2v) is 6.35. The standard InChI is InChI=1S/C16H23N3O4/c1-18-7-11(2-3-15(18)21)16(22)17-12-6-13-10-23-14(4-5-20)9-19(13)8-12/h2-3,7,12-14,20H,4-6,8-10H2,1H3,(H,17,22)/t12-,13+,14+/m1/s1. The SMILES string of the molecule is Cn1cc(C(=O)N[C@@H]2C[C@H]3CO[C@@H](CCO)CN3C2)ccc1=O. The summed E-state index contributed by atoms with van der Waals surface area (Å²) >= 11 is 0. The fraction of sp³-hybridized carbons (Fsp3) is 0.625. The van der Waals surface area contributed by atoms with E-state index in [0.717, 1.165) is 19.5 Å². The molecule has 2 aliphatic rings. The van der Waals surface area contributed by atoms with E-state index in [9.17, 15) is 9.59 Å². The Hall–Kier alpha value is -1.70. The van der Waals surface area contributed by atoms with Crippen molar-refractivity contribution in [2.75, 3.05) is 26.3 Å². The Balaban J connectivity index is 1.58. The number of morpholine rings is 1. The van der Waals surface area contributed by atoms with Gasteiger partial charge in [-0.15, -0.1) is 0 Å². The van der Waals surface area contributed by atoms with Gasteiger partial charge in [0.25, 0.3) is 5.91 Å². The van der Waals surface area contributed by atoms with Gasteiger partial charge in [0.2, 0.25) is 5.56 Å². The minimum atomic E-state index is -0.154. The predicted molar refractivity (Wildman–Crippen MR) is 84.4 cm³/mol. The number of nitrogens with one attached hydrogen (secondary N) is 1. The van der Waals surface area contributed by atoms with Crippen molar-refractivity contribution >= 4 is 5.91 Å². The lowest BCUT2D eigenvalue weighted by atomic mass is 10.1. The van der Waals surface area contributed by atoms with E-state index < -0.39 is 0 Å². The van der Waals surface area contributed by atoms with Gasteiger partial charge in [0.05, 0.1) is 18.3 Å². The fourth-order valence-electron chi connectivity index (χ4n) is 3.36. The van der Waals surface area contributed by atoms with Crippen LogP contribution in [0.15, 0.2) is 23.1 Å². The highest BCUT2D eigenvalue weighted by atomic mass is 16.5. The highest BCUT2D eigenvalue weighted by Crippen LogP contribution is 2.24. The smallest absolute Gasteiger partial charge is 0.253 e. The molecule has 2 fully saturated rings. The fourth-order valence-corrected chi connectivity index (χ4v) is 3.36. The van der Waals surface area contributed by atoms with Crippen LogP contribution in [0.25, 0.3) is 0 Å². The van der Waals surface area contributed by atoms with Crippen LogP contribution in [0.4, 0.5) is 0 Å². The number of carbonyl (C=O) groups is 1.